The number of carbonyl (C=O) groups excluding carboxylic acids is 2. The summed E-state index contributed by atoms with van der Waals surface area (Å²) in [6.45, 7) is -0.305. The van der Waals surface area contributed by atoms with Crippen LogP contribution in [0.3, 0.4) is 0 Å². The lowest BCUT2D eigenvalue weighted by atomic mass is 10.2. The topological polar surface area (TPSA) is 49.4 Å². The first kappa shape index (κ1) is 16.9. The summed E-state index contributed by atoms with van der Waals surface area (Å²) in [6.07, 6.45) is 0. The van der Waals surface area contributed by atoms with Crippen LogP contribution >= 0.6 is 11.6 Å². The van der Waals surface area contributed by atoms with E-state index in [1.54, 1.807) is 24.3 Å². The summed E-state index contributed by atoms with van der Waals surface area (Å²) in [6, 6.07) is 9.27. The van der Waals surface area contributed by atoms with E-state index in [9.17, 15) is 18.4 Å². The highest BCUT2D eigenvalue weighted by molar-refractivity contribution is 6.33. The Bertz CT molecular complexity index is 753. The number of hydrogen-bond acceptors (Lipinski definition) is 2. The second-order valence-electron chi connectivity index (χ2n) is 4.81. The summed E-state index contributed by atoms with van der Waals surface area (Å²) in [4.78, 5) is 25.1. The van der Waals surface area contributed by atoms with Crippen LogP contribution in [-0.2, 0) is 4.79 Å². The number of rotatable bonds is 4. The maximum absolute atomic E-state index is 13.6. The van der Waals surface area contributed by atoms with Gasteiger partial charge in [0.2, 0.25) is 5.91 Å². The Morgan fingerprint density at radius 3 is 2.52 bits per heavy atom. The summed E-state index contributed by atoms with van der Waals surface area (Å²) in [5.41, 5.74) is 0.104. The van der Waals surface area contributed by atoms with Crippen molar-refractivity contribution in [2.45, 2.75) is 0 Å². The number of para-hydroxylation sites is 1. The van der Waals surface area contributed by atoms with Crippen molar-refractivity contribution >= 4 is 29.1 Å². The Morgan fingerprint density at radius 1 is 1.17 bits per heavy atom. The standard InChI is InChI=1S/C16H13ClF2N2O2/c1-21(16(23)11-7-6-10(18)8-13(11)19)9-15(22)20-14-5-3-2-4-12(14)17/h2-8H,9H2,1H3,(H,20,22). The molecule has 0 atom stereocenters. The fraction of sp³-hybridized carbons (Fsp3) is 0.125. The molecule has 2 amide bonds. The van der Waals surface area contributed by atoms with Crippen molar-refractivity contribution < 1.29 is 18.4 Å². The minimum absolute atomic E-state index is 0.305. The number of halogens is 3. The molecule has 1 N–H and O–H groups in total. The van der Waals surface area contributed by atoms with Gasteiger partial charge in [0.05, 0.1) is 22.8 Å². The molecule has 0 fully saturated rings. The third kappa shape index (κ3) is 4.26. The Balaban J connectivity index is 2.03. The number of nitrogens with zero attached hydrogens (tertiary/aromatic N) is 1. The SMILES string of the molecule is CN(CC(=O)Nc1ccccc1Cl)C(=O)c1ccc(F)cc1F. The number of likely N-dealkylation sites (N-methyl/N-ethyl adjacent to an activating group) is 1. The second kappa shape index (κ2) is 7.19. The van der Waals surface area contributed by atoms with E-state index >= 15 is 0 Å². The van der Waals surface area contributed by atoms with Gasteiger partial charge in [0.1, 0.15) is 11.6 Å². The summed E-state index contributed by atoms with van der Waals surface area (Å²) in [5.74, 6) is -2.97. The van der Waals surface area contributed by atoms with E-state index in [2.05, 4.69) is 5.32 Å². The molecule has 0 unspecified atom stereocenters. The zero-order valence-electron chi connectivity index (χ0n) is 12.1. The Morgan fingerprint density at radius 2 is 1.87 bits per heavy atom. The van der Waals surface area contributed by atoms with Crippen LogP contribution in [0.15, 0.2) is 42.5 Å². The molecule has 0 radical (unpaired) electrons. The lowest BCUT2D eigenvalue weighted by Crippen LogP contribution is -2.35. The first-order chi connectivity index (χ1) is 10.9. The van der Waals surface area contributed by atoms with Crippen LogP contribution in [0.4, 0.5) is 14.5 Å². The molecule has 2 rings (SSSR count). The van der Waals surface area contributed by atoms with E-state index in [0.717, 1.165) is 17.0 Å². The molecule has 0 heterocycles. The van der Waals surface area contributed by atoms with Gasteiger partial charge < -0.3 is 10.2 Å². The number of hydrogen-bond donors (Lipinski definition) is 1. The minimum atomic E-state index is -0.978. The van der Waals surface area contributed by atoms with Gasteiger partial charge in [-0.25, -0.2) is 8.78 Å². The monoisotopic (exact) mass is 338 g/mol. The van der Waals surface area contributed by atoms with Gasteiger partial charge in [0.25, 0.3) is 5.91 Å². The fourth-order valence-electron chi connectivity index (χ4n) is 1.91. The number of anilines is 1. The predicted octanol–water partition coefficient (Wildman–Crippen LogP) is 3.33. The third-order valence-corrected chi connectivity index (χ3v) is 3.37. The van der Waals surface area contributed by atoms with Crippen LogP contribution in [0.1, 0.15) is 10.4 Å². The van der Waals surface area contributed by atoms with Gasteiger partial charge >= 0.3 is 0 Å². The van der Waals surface area contributed by atoms with E-state index in [4.69, 9.17) is 11.6 Å². The largest absolute Gasteiger partial charge is 0.332 e. The molecule has 0 aromatic heterocycles. The van der Waals surface area contributed by atoms with E-state index in [1.165, 1.54) is 7.05 Å². The molecule has 0 spiro atoms. The molecule has 0 saturated carbocycles. The van der Waals surface area contributed by atoms with Crippen LogP contribution < -0.4 is 5.32 Å². The number of benzene rings is 2. The molecular formula is C16H13ClF2N2O2. The molecular weight excluding hydrogens is 326 g/mol. The molecule has 2 aromatic carbocycles. The molecule has 2 aromatic rings. The Kier molecular flexibility index (Phi) is 5.28. The van der Waals surface area contributed by atoms with E-state index in [1.807, 2.05) is 0 Å². The quantitative estimate of drug-likeness (QED) is 0.929. The number of amides is 2. The van der Waals surface area contributed by atoms with E-state index in [-0.39, 0.29) is 12.1 Å². The maximum Gasteiger partial charge on any atom is 0.257 e. The molecule has 0 aliphatic carbocycles. The second-order valence-corrected chi connectivity index (χ2v) is 5.22. The zero-order valence-corrected chi connectivity index (χ0v) is 12.9. The van der Waals surface area contributed by atoms with Crippen LogP contribution in [0, 0.1) is 11.6 Å². The molecule has 23 heavy (non-hydrogen) atoms. The normalized spacial score (nSPS) is 10.3. The maximum atomic E-state index is 13.6. The van der Waals surface area contributed by atoms with Crippen molar-refractivity contribution in [2.75, 3.05) is 18.9 Å². The van der Waals surface area contributed by atoms with Crippen LogP contribution in [-0.4, -0.2) is 30.3 Å². The molecule has 0 aliphatic rings. The van der Waals surface area contributed by atoms with Crippen molar-refractivity contribution in [3.8, 4) is 0 Å². The highest BCUT2D eigenvalue weighted by Crippen LogP contribution is 2.20. The molecule has 0 bridgehead atoms. The highest BCUT2D eigenvalue weighted by atomic mass is 35.5. The summed E-state index contributed by atoms with van der Waals surface area (Å²) in [5, 5.41) is 2.91. The van der Waals surface area contributed by atoms with Crippen LogP contribution in [0.2, 0.25) is 5.02 Å². The van der Waals surface area contributed by atoms with Crippen LogP contribution in [0.25, 0.3) is 0 Å². The van der Waals surface area contributed by atoms with Crippen molar-refractivity contribution in [2.24, 2.45) is 0 Å². The fourth-order valence-corrected chi connectivity index (χ4v) is 2.09. The van der Waals surface area contributed by atoms with Gasteiger partial charge in [-0.1, -0.05) is 23.7 Å². The average molecular weight is 339 g/mol. The molecule has 120 valence electrons. The Labute approximate surface area is 136 Å². The van der Waals surface area contributed by atoms with Crippen LogP contribution in [0.5, 0.6) is 0 Å². The minimum Gasteiger partial charge on any atom is -0.332 e. The molecule has 4 nitrogen and oxygen atoms in total. The summed E-state index contributed by atoms with van der Waals surface area (Å²) < 4.78 is 26.5. The van der Waals surface area contributed by atoms with Gasteiger partial charge in [-0.15, -0.1) is 0 Å². The van der Waals surface area contributed by atoms with Crippen molar-refractivity contribution in [3.63, 3.8) is 0 Å². The van der Waals surface area contributed by atoms with Gasteiger partial charge in [-0.3, -0.25) is 9.59 Å². The molecule has 0 saturated heterocycles. The predicted molar refractivity (Wildman–Crippen MR) is 83.4 cm³/mol. The number of nitrogens with one attached hydrogen (secondary N) is 1. The Hall–Kier alpha value is -2.47. The van der Waals surface area contributed by atoms with Gasteiger partial charge in [-0.05, 0) is 24.3 Å². The van der Waals surface area contributed by atoms with E-state index in [0.29, 0.717) is 16.8 Å². The molecule has 7 heteroatoms. The van der Waals surface area contributed by atoms with Crippen molar-refractivity contribution in [1.29, 1.82) is 0 Å². The summed E-state index contributed by atoms with van der Waals surface area (Å²) in [7, 11) is 1.34. The zero-order chi connectivity index (χ0) is 17.0. The van der Waals surface area contributed by atoms with Gasteiger partial charge in [0.15, 0.2) is 0 Å². The first-order valence-electron chi connectivity index (χ1n) is 6.63. The summed E-state index contributed by atoms with van der Waals surface area (Å²) >= 11 is 5.92. The third-order valence-electron chi connectivity index (χ3n) is 3.04. The first-order valence-corrected chi connectivity index (χ1v) is 7.01. The van der Waals surface area contributed by atoms with E-state index < -0.39 is 23.4 Å². The van der Waals surface area contributed by atoms with Gasteiger partial charge in [0, 0.05) is 13.1 Å². The lowest BCUT2D eigenvalue weighted by Gasteiger charge is -2.17. The van der Waals surface area contributed by atoms with Gasteiger partial charge in [-0.2, -0.15) is 0 Å². The van der Waals surface area contributed by atoms with Crippen molar-refractivity contribution in [3.05, 3.63) is 64.7 Å². The smallest absolute Gasteiger partial charge is 0.257 e. The average Bonchev–Trinajstić information content (AvgIpc) is 2.49. The lowest BCUT2D eigenvalue weighted by molar-refractivity contribution is -0.116. The number of carbonyl (C=O) groups is 2. The molecule has 0 aliphatic heterocycles. The highest BCUT2D eigenvalue weighted by Gasteiger charge is 2.19. The van der Waals surface area contributed by atoms with Crippen molar-refractivity contribution in [1.82, 2.24) is 4.90 Å².